The Kier molecular flexibility index (Phi) is 2.83. The van der Waals surface area contributed by atoms with Crippen molar-refractivity contribution in [3.8, 4) is 0 Å². The van der Waals surface area contributed by atoms with Crippen LogP contribution in [0.3, 0.4) is 0 Å². The van der Waals surface area contributed by atoms with Gasteiger partial charge in [0.2, 0.25) is 0 Å². The van der Waals surface area contributed by atoms with E-state index in [0.29, 0.717) is 5.82 Å². The van der Waals surface area contributed by atoms with Gasteiger partial charge in [-0.3, -0.25) is 9.78 Å². The van der Waals surface area contributed by atoms with E-state index in [1.165, 1.54) is 6.33 Å². The fourth-order valence-electron chi connectivity index (χ4n) is 2.00. The number of pyridine rings is 1. The lowest BCUT2D eigenvalue weighted by Gasteiger charge is -2.10. The lowest BCUT2D eigenvalue weighted by atomic mass is 10.1. The molecule has 20 heavy (non-hydrogen) atoms. The Morgan fingerprint density at radius 2 is 2.10 bits per heavy atom. The molecule has 3 rings (SSSR count). The highest BCUT2D eigenvalue weighted by Gasteiger charge is 2.07. The SMILES string of the molecule is Cc1ccc2c(Nc3nc[nH]c(=O)c3N)cccc2n1. The highest BCUT2D eigenvalue weighted by atomic mass is 16.1. The molecular formula is C14H13N5O. The van der Waals surface area contributed by atoms with Crippen molar-refractivity contribution in [1.82, 2.24) is 15.0 Å². The fourth-order valence-corrected chi connectivity index (χ4v) is 2.00. The van der Waals surface area contributed by atoms with Crippen molar-refractivity contribution in [2.75, 3.05) is 11.1 Å². The number of rotatable bonds is 2. The number of nitrogens with one attached hydrogen (secondary N) is 2. The van der Waals surface area contributed by atoms with Gasteiger partial charge in [-0.05, 0) is 31.2 Å². The third-order valence-corrected chi connectivity index (χ3v) is 3.01. The van der Waals surface area contributed by atoms with E-state index in [2.05, 4.69) is 20.3 Å². The van der Waals surface area contributed by atoms with Crippen LogP contribution in [0.4, 0.5) is 17.2 Å². The fraction of sp³-hybridized carbons (Fsp3) is 0.0714. The zero-order valence-electron chi connectivity index (χ0n) is 10.8. The number of hydrogen-bond donors (Lipinski definition) is 3. The Balaban J connectivity index is 2.11. The molecule has 0 fully saturated rings. The molecule has 0 unspecified atom stereocenters. The number of anilines is 3. The maximum Gasteiger partial charge on any atom is 0.276 e. The van der Waals surface area contributed by atoms with E-state index in [0.717, 1.165) is 22.3 Å². The van der Waals surface area contributed by atoms with Crippen molar-refractivity contribution in [3.63, 3.8) is 0 Å². The average Bonchev–Trinajstić information content (AvgIpc) is 2.44. The molecular weight excluding hydrogens is 254 g/mol. The van der Waals surface area contributed by atoms with Crippen LogP contribution in [-0.2, 0) is 0 Å². The monoisotopic (exact) mass is 267 g/mol. The Morgan fingerprint density at radius 3 is 2.95 bits per heavy atom. The van der Waals surface area contributed by atoms with Crippen LogP contribution in [0.25, 0.3) is 10.9 Å². The quantitative estimate of drug-likeness (QED) is 0.659. The summed E-state index contributed by atoms with van der Waals surface area (Å²) in [4.78, 5) is 22.4. The first-order valence-corrected chi connectivity index (χ1v) is 6.12. The highest BCUT2D eigenvalue weighted by Crippen LogP contribution is 2.25. The number of aryl methyl sites for hydroxylation is 1. The summed E-state index contributed by atoms with van der Waals surface area (Å²) < 4.78 is 0. The van der Waals surface area contributed by atoms with Crippen LogP contribution in [0.2, 0.25) is 0 Å². The Labute approximate surface area is 114 Å². The van der Waals surface area contributed by atoms with Crippen molar-refractivity contribution in [1.29, 1.82) is 0 Å². The van der Waals surface area contributed by atoms with Crippen molar-refractivity contribution < 1.29 is 0 Å². The Morgan fingerprint density at radius 1 is 1.25 bits per heavy atom. The smallest absolute Gasteiger partial charge is 0.276 e. The Bertz CT molecular complexity index is 840. The molecule has 0 saturated heterocycles. The molecule has 1 aromatic carbocycles. The van der Waals surface area contributed by atoms with Gasteiger partial charge in [-0.1, -0.05) is 6.07 Å². The molecule has 0 atom stereocenters. The lowest BCUT2D eigenvalue weighted by molar-refractivity contribution is 1.13. The van der Waals surface area contributed by atoms with Crippen LogP contribution in [0, 0.1) is 6.92 Å². The second-order valence-electron chi connectivity index (χ2n) is 4.44. The molecule has 0 radical (unpaired) electrons. The second kappa shape index (κ2) is 4.65. The van der Waals surface area contributed by atoms with Gasteiger partial charge in [-0.2, -0.15) is 0 Å². The molecule has 0 aliphatic heterocycles. The van der Waals surface area contributed by atoms with E-state index in [1.807, 2.05) is 37.3 Å². The van der Waals surface area contributed by atoms with Gasteiger partial charge >= 0.3 is 0 Å². The molecule has 2 heterocycles. The molecule has 0 aliphatic carbocycles. The number of aromatic nitrogens is 3. The number of aromatic amines is 1. The molecule has 0 aliphatic rings. The molecule has 0 saturated carbocycles. The van der Waals surface area contributed by atoms with Gasteiger partial charge in [0.15, 0.2) is 5.82 Å². The van der Waals surface area contributed by atoms with Gasteiger partial charge in [-0.25, -0.2) is 4.98 Å². The zero-order valence-corrected chi connectivity index (χ0v) is 10.8. The molecule has 0 bridgehead atoms. The molecule has 2 aromatic heterocycles. The summed E-state index contributed by atoms with van der Waals surface area (Å²) in [6.45, 7) is 1.94. The van der Waals surface area contributed by atoms with Gasteiger partial charge in [0.1, 0.15) is 5.69 Å². The first-order chi connectivity index (χ1) is 9.65. The van der Waals surface area contributed by atoms with Crippen LogP contribution in [0.1, 0.15) is 5.69 Å². The van der Waals surface area contributed by atoms with Gasteiger partial charge in [0.05, 0.1) is 11.8 Å². The first kappa shape index (κ1) is 12.2. The highest BCUT2D eigenvalue weighted by molar-refractivity contribution is 5.93. The predicted molar refractivity (Wildman–Crippen MR) is 79.0 cm³/mol. The van der Waals surface area contributed by atoms with Gasteiger partial charge in [0.25, 0.3) is 5.56 Å². The number of hydrogen-bond acceptors (Lipinski definition) is 5. The average molecular weight is 267 g/mol. The lowest BCUT2D eigenvalue weighted by Crippen LogP contribution is -2.14. The van der Waals surface area contributed by atoms with Gasteiger partial charge in [0, 0.05) is 16.8 Å². The molecule has 0 spiro atoms. The summed E-state index contributed by atoms with van der Waals surface area (Å²) in [5.74, 6) is 0.335. The van der Waals surface area contributed by atoms with Crippen LogP contribution < -0.4 is 16.6 Å². The molecule has 6 nitrogen and oxygen atoms in total. The van der Waals surface area contributed by atoms with Gasteiger partial charge in [-0.15, -0.1) is 0 Å². The van der Waals surface area contributed by atoms with Crippen molar-refractivity contribution in [2.45, 2.75) is 6.92 Å². The third-order valence-electron chi connectivity index (χ3n) is 3.01. The second-order valence-corrected chi connectivity index (χ2v) is 4.44. The summed E-state index contributed by atoms with van der Waals surface area (Å²) in [6.07, 6.45) is 1.31. The maximum absolute atomic E-state index is 11.5. The minimum absolute atomic E-state index is 0.0598. The molecule has 0 amide bonds. The van der Waals surface area contributed by atoms with Crippen LogP contribution in [0.5, 0.6) is 0 Å². The van der Waals surface area contributed by atoms with E-state index in [-0.39, 0.29) is 11.2 Å². The Hall–Kier alpha value is -2.89. The molecule has 4 N–H and O–H groups in total. The molecule has 6 heteroatoms. The number of nitrogens with zero attached hydrogens (tertiary/aromatic N) is 2. The van der Waals surface area contributed by atoms with Crippen LogP contribution >= 0.6 is 0 Å². The van der Waals surface area contributed by atoms with Crippen LogP contribution in [0.15, 0.2) is 41.5 Å². The number of nitrogen functional groups attached to an aromatic ring is 1. The summed E-state index contributed by atoms with van der Waals surface area (Å²) in [7, 11) is 0. The standard InChI is InChI=1S/C14H13N5O/c1-8-5-6-9-10(18-8)3-2-4-11(9)19-13-12(15)14(20)17-7-16-13/h2-7H,15H2,1H3,(H2,16,17,19,20). The normalized spacial score (nSPS) is 10.7. The third kappa shape index (κ3) is 2.07. The number of nitrogens with two attached hydrogens (primary N) is 1. The maximum atomic E-state index is 11.5. The summed E-state index contributed by atoms with van der Waals surface area (Å²) >= 11 is 0. The van der Waals surface area contributed by atoms with Gasteiger partial charge < -0.3 is 16.0 Å². The van der Waals surface area contributed by atoms with Crippen LogP contribution in [-0.4, -0.2) is 15.0 Å². The number of fused-ring (bicyclic) bond motifs is 1. The van der Waals surface area contributed by atoms with Crippen molar-refractivity contribution in [2.24, 2.45) is 0 Å². The van der Waals surface area contributed by atoms with E-state index in [4.69, 9.17) is 5.73 Å². The van der Waals surface area contributed by atoms with E-state index < -0.39 is 0 Å². The largest absolute Gasteiger partial charge is 0.391 e. The minimum Gasteiger partial charge on any atom is -0.391 e. The number of benzene rings is 1. The van der Waals surface area contributed by atoms with Crippen molar-refractivity contribution >= 4 is 28.1 Å². The van der Waals surface area contributed by atoms with E-state index in [9.17, 15) is 4.79 Å². The summed E-state index contributed by atoms with van der Waals surface area (Å²) in [6, 6.07) is 9.62. The van der Waals surface area contributed by atoms with E-state index in [1.54, 1.807) is 0 Å². The molecule has 3 aromatic rings. The molecule has 100 valence electrons. The summed E-state index contributed by atoms with van der Waals surface area (Å²) in [5, 5.41) is 4.02. The number of H-pyrrole nitrogens is 1. The predicted octanol–water partition coefficient (Wildman–Crippen LogP) is 1.95. The first-order valence-electron chi connectivity index (χ1n) is 6.12. The topological polar surface area (TPSA) is 96.7 Å². The minimum atomic E-state index is -0.364. The summed E-state index contributed by atoms with van der Waals surface area (Å²) in [5.41, 5.74) is 8.04. The van der Waals surface area contributed by atoms with Crippen molar-refractivity contribution in [3.05, 3.63) is 52.7 Å². The van der Waals surface area contributed by atoms with E-state index >= 15 is 0 Å². The zero-order chi connectivity index (χ0) is 14.1.